The molecule has 0 bridgehead atoms. The molecule has 0 aromatic heterocycles. The summed E-state index contributed by atoms with van der Waals surface area (Å²) in [6, 6.07) is 7.96. The smallest absolute Gasteiger partial charge is 0.190 e. The molecular weight excluding hydrogens is 376 g/mol. The zero-order valence-corrected chi connectivity index (χ0v) is 17.9. The second-order valence-corrected chi connectivity index (χ2v) is 8.72. The molecule has 3 heterocycles. The van der Waals surface area contributed by atoms with Crippen LogP contribution < -0.4 is 4.74 Å². The number of fused-ring (bicyclic) bond motifs is 3. The molecular formula is C22H32O7. The second kappa shape index (κ2) is 8.13. The number of hydrogen-bond donors (Lipinski definition) is 0. The maximum atomic E-state index is 6.16. The summed E-state index contributed by atoms with van der Waals surface area (Å²) in [6.07, 6.45) is -0.642. The van der Waals surface area contributed by atoms with Gasteiger partial charge in [0.15, 0.2) is 17.9 Å². The summed E-state index contributed by atoms with van der Waals surface area (Å²) in [7, 11) is 0. The molecule has 0 spiro atoms. The maximum absolute atomic E-state index is 6.16. The molecule has 1 aromatic rings. The van der Waals surface area contributed by atoms with Crippen LogP contribution in [-0.2, 0) is 35.0 Å². The highest BCUT2D eigenvalue weighted by Crippen LogP contribution is 2.44. The van der Waals surface area contributed by atoms with Gasteiger partial charge in [0, 0.05) is 0 Å². The summed E-state index contributed by atoms with van der Waals surface area (Å²) in [5.41, 5.74) is 1.07. The van der Waals surface area contributed by atoms with Gasteiger partial charge in [-0.2, -0.15) is 0 Å². The van der Waals surface area contributed by atoms with Gasteiger partial charge in [-0.05, 0) is 51.8 Å². The van der Waals surface area contributed by atoms with E-state index in [9.17, 15) is 0 Å². The van der Waals surface area contributed by atoms with E-state index >= 15 is 0 Å². The molecule has 7 heteroatoms. The standard InChI is InChI=1S/C22H32O7/c1-6-11-24-15-9-7-14(8-10-15)12-23-13-16-17-18(27-21(2,3)26-17)19-20(25-16)29-22(4,5)28-19/h7-10,16-20H,6,11-13H2,1-5H3/t16-,17+,18+,19-,20-/m1/s1. The van der Waals surface area contributed by atoms with E-state index in [1.54, 1.807) is 0 Å². The zero-order chi connectivity index (χ0) is 20.6. The molecule has 7 nitrogen and oxygen atoms in total. The third-order valence-corrected chi connectivity index (χ3v) is 5.20. The van der Waals surface area contributed by atoms with Crippen LogP contribution in [0.2, 0.25) is 0 Å². The molecule has 0 saturated carbocycles. The first-order valence-electron chi connectivity index (χ1n) is 10.4. The second-order valence-electron chi connectivity index (χ2n) is 8.72. The summed E-state index contributed by atoms with van der Waals surface area (Å²) in [5, 5.41) is 0. The normalized spacial score (nSPS) is 34.6. The first-order chi connectivity index (χ1) is 13.8. The molecule has 5 atom stereocenters. The van der Waals surface area contributed by atoms with E-state index in [2.05, 4.69) is 6.92 Å². The highest BCUT2D eigenvalue weighted by Gasteiger charge is 2.60. The molecule has 162 valence electrons. The third kappa shape index (κ3) is 4.76. The van der Waals surface area contributed by atoms with Gasteiger partial charge >= 0.3 is 0 Å². The van der Waals surface area contributed by atoms with Gasteiger partial charge in [-0.25, -0.2) is 0 Å². The Balaban J connectivity index is 1.35. The highest BCUT2D eigenvalue weighted by atomic mass is 16.9. The SMILES string of the molecule is CCCOc1ccc(COC[C@H]2O[C@@H]3OC(C)(C)O[C@@H]3[C@H]3OC(C)(C)O[C@H]32)cc1. The lowest BCUT2D eigenvalue weighted by molar-refractivity contribution is -0.243. The highest BCUT2D eigenvalue weighted by molar-refractivity contribution is 5.26. The minimum absolute atomic E-state index is 0.255. The molecule has 0 amide bonds. The van der Waals surface area contributed by atoms with Crippen LogP contribution in [0.5, 0.6) is 5.75 Å². The quantitative estimate of drug-likeness (QED) is 0.685. The fourth-order valence-corrected chi connectivity index (χ4v) is 4.02. The lowest BCUT2D eigenvalue weighted by Crippen LogP contribution is -2.56. The van der Waals surface area contributed by atoms with Crippen molar-refractivity contribution in [2.24, 2.45) is 0 Å². The van der Waals surface area contributed by atoms with Gasteiger partial charge < -0.3 is 33.2 Å². The van der Waals surface area contributed by atoms with Crippen molar-refractivity contribution in [3.63, 3.8) is 0 Å². The number of ether oxygens (including phenoxy) is 7. The van der Waals surface area contributed by atoms with Crippen LogP contribution in [0.4, 0.5) is 0 Å². The fourth-order valence-electron chi connectivity index (χ4n) is 4.02. The van der Waals surface area contributed by atoms with Crippen LogP contribution in [0.25, 0.3) is 0 Å². The summed E-state index contributed by atoms with van der Waals surface area (Å²) in [5.74, 6) is -0.538. The van der Waals surface area contributed by atoms with Crippen molar-refractivity contribution in [1.29, 1.82) is 0 Å². The lowest BCUT2D eigenvalue weighted by Gasteiger charge is -2.37. The van der Waals surface area contributed by atoms with Crippen LogP contribution in [0.1, 0.15) is 46.6 Å². The van der Waals surface area contributed by atoms with E-state index in [0.717, 1.165) is 24.3 Å². The van der Waals surface area contributed by atoms with Crippen molar-refractivity contribution in [2.75, 3.05) is 13.2 Å². The maximum Gasteiger partial charge on any atom is 0.190 e. The Bertz CT molecular complexity index is 687. The zero-order valence-electron chi connectivity index (χ0n) is 17.9. The van der Waals surface area contributed by atoms with Crippen molar-refractivity contribution >= 4 is 0 Å². The largest absolute Gasteiger partial charge is 0.494 e. The Hall–Kier alpha value is -1.22. The Morgan fingerprint density at radius 1 is 0.862 bits per heavy atom. The van der Waals surface area contributed by atoms with Gasteiger partial charge in [-0.15, -0.1) is 0 Å². The van der Waals surface area contributed by atoms with E-state index in [1.807, 2.05) is 52.0 Å². The van der Waals surface area contributed by atoms with Gasteiger partial charge in [-0.3, -0.25) is 0 Å². The number of benzene rings is 1. The van der Waals surface area contributed by atoms with Crippen molar-refractivity contribution < 1.29 is 33.2 Å². The Kier molecular flexibility index (Phi) is 5.90. The molecule has 0 aliphatic carbocycles. The molecule has 1 aromatic carbocycles. The third-order valence-electron chi connectivity index (χ3n) is 5.20. The Labute approximate surface area is 172 Å². The van der Waals surface area contributed by atoms with E-state index in [-0.39, 0.29) is 24.4 Å². The van der Waals surface area contributed by atoms with Crippen molar-refractivity contribution in [2.45, 2.75) is 89.9 Å². The molecule has 3 aliphatic heterocycles. The van der Waals surface area contributed by atoms with Gasteiger partial charge in [0.05, 0.1) is 19.8 Å². The predicted octanol–water partition coefficient (Wildman–Crippen LogP) is 3.39. The van der Waals surface area contributed by atoms with Crippen LogP contribution >= 0.6 is 0 Å². The van der Waals surface area contributed by atoms with Gasteiger partial charge in [0.2, 0.25) is 0 Å². The van der Waals surface area contributed by atoms with E-state index < -0.39 is 17.9 Å². The predicted molar refractivity (Wildman–Crippen MR) is 104 cm³/mol. The first kappa shape index (κ1) is 21.0. The summed E-state index contributed by atoms with van der Waals surface area (Å²) < 4.78 is 41.9. The molecule has 0 radical (unpaired) electrons. The average molecular weight is 408 g/mol. The summed E-state index contributed by atoms with van der Waals surface area (Å²) in [4.78, 5) is 0. The van der Waals surface area contributed by atoms with Crippen LogP contribution in [-0.4, -0.2) is 55.5 Å². The Morgan fingerprint density at radius 3 is 2.24 bits per heavy atom. The van der Waals surface area contributed by atoms with Crippen molar-refractivity contribution in [1.82, 2.24) is 0 Å². The van der Waals surface area contributed by atoms with Gasteiger partial charge in [0.1, 0.15) is 30.2 Å². The van der Waals surface area contributed by atoms with E-state index in [4.69, 9.17) is 33.2 Å². The molecule has 3 saturated heterocycles. The van der Waals surface area contributed by atoms with Gasteiger partial charge in [-0.1, -0.05) is 19.1 Å². The molecule has 4 rings (SSSR count). The monoisotopic (exact) mass is 408 g/mol. The van der Waals surface area contributed by atoms with Crippen LogP contribution in [0.3, 0.4) is 0 Å². The fraction of sp³-hybridized carbons (Fsp3) is 0.727. The molecule has 3 aliphatic rings. The average Bonchev–Trinajstić information content (AvgIpc) is 3.15. The van der Waals surface area contributed by atoms with Crippen molar-refractivity contribution in [3.05, 3.63) is 29.8 Å². The number of hydrogen-bond acceptors (Lipinski definition) is 7. The van der Waals surface area contributed by atoms with Crippen molar-refractivity contribution in [3.8, 4) is 5.75 Å². The number of rotatable bonds is 7. The van der Waals surface area contributed by atoms with Gasteiger partial charge in [0.25, 0.3) is 0 Å². The molecule has 0 unspecified atom stereocenters. The minimum atomic E-state index is -0.715. The molecule has 3 fully saturated rings. The molecule has 29 heavy (non-hydrogen) atoms. The minimum Gasteiger partial charge on any atom is -0.494 e. The van der Waals surface area contributed by atoms with Crippen LogP contribution in [0, 0.1) is 0 Å². The summed E-state index contributed by atoms with van der Waals surface area (Å²) in [6.45, 7) is 11.2. The van der Waals surface area contributed by atoms with E-state index in [0.29, 0.717) is 13.2 Å². The topological polar surface area (TPSA) is 64.6 Å². The lowest BCUT2D eigenvalue weighted by atomic mass is 9.99. The van der Waals surface area contributed by atoms with Crippen LogP contribution in [0.15, 0.2) is 24.3 Å². The first-order valence-corrected chi connectivity index (χ1v) is 10.4. The van der Waals surface area contributed by atoms with E-state index in [1.165, 1.54) is 0 Å². The Morgan fingerprint density at radius 2 is 1.52 bits per heavy atom. The molecule has 0 N–H and O–H groups in total. The summed E-state index contributed by atoms with van der Waals surface area (Å²) >= 11 is 0.